The van der Waals surface area contributed by atoms with Crippen molar-refractivity contribution >= 4 is 5.97 Å². The minimum absolute atomic E-state index is 0.121. The lowest BCUT2D eigenvalue weighted by Gasteiger charge is -2.47. The first-order chi connectivity index (χ1) is 11.7. The molecule has 1 aliphatic heterocycles. The summed E-state index contributed by atoms with van der Waals surface area (Å²) in [4.78, 5) is 14.6. The van der Waals surface area contributed by atoms with Gasteiger partial charge in [0.15, 0.2) is 0 Å². The Kier molecular flexibility index (Phi) is 5.00. The molecule has 3 nitrogen and oxygen atoms in total. The first kappa shape index (κ1) is 16.7. The number of hydrogen-bond donors (Lipinski definition) is 0. The molecule has 0 unspecified atom stereocenters. The fourth-order valence-corrected chi connectivity index (χ4v) is 3.66. The molecule has 126 valence electrons. The third-order valence-electron chi connectivity index (χ3n) is 4.97. The van der Waals surface area contributed by atoms with Gasteiger partial charge < -0.3 is 9.64 Å². The predicted octanol–water partition coefficient (Wildman–Crippen LogP) is 3.95. The highest BCUT2D eigenvalue weighted by Crippen LogP contribution is 2.46. The maximum atomic E-state index is 12.3. The lowest BCUT2D eigenvalue weighted by Crippen LogP contribution is -2.49. The summed E-state index contributed by atoms with van der Waals surface area (Å²) < 4.78 is 6.16. The van der Waals surface area contributed by atoms with Gasteiger partial charge >= 0.3 is 5.97 Å². The van der Waals surface area contributed by atoms with Gasteiger partial charge in [-0.15, -0.1) is 0 Å². The summed E-state index contributed by atoms with van der Waals surface area (Å²) in [5, 5.41) is 0. The van der Waals surface area contributed by atoms with Crippen molar-refractivity contribution in [3.8, 4) is 0 Å². The lowest BCUT2D eigenvalue weighted by atomic mass is 9.72. The molecule has 0 amide bonds. The normalized spacial score (nSPS) is 24.5. The smallest absolute Gasteiger partial charge is 0.306 e. The largest absolute Gasteiger partial charge is 0.453 e. The molecule has 0 bridgehead atoms. The van der Waals surface area contributed by atoms with Crippen molar-refractivity contribution in [1.29, 1.82) is 0 Å². The van der Waals surface area contributed by atoms with E-state index >= 15 is 0 Å². The first-order valence-electron chi connectivity index (χ1n) is 8.66. The minimum atomic E-state index is -0.595. The van der Waals surface area contributed by atoms with Crippen LogP contribution < -0.4 is 0 Å². The monoisotopic (exact) mass is 323 g/mol. The highest BCUT2D eigenvalue weighted by atomic mass is 16.6. The zero-order valence-corrected chi connectivity index (χ0v) is 14.4. The molecule has 0 saturated carbocycles. The van der Waals surface area contributed by atoms with E-state index in [-0.39, 0.29) is 11.9 Å². The Morgan fingerprint density at radius 1 is 1.12 bits per heavy atom. The van der Waals surface area contributed by atoms with Crippen LogP contribution in [0.4, 0.5) is 0 Å². The molecule has 3 rings (SSSR count). The van der Waals surface area contributed by atoms with E-state index in [4.69, 9.17) is 4.74 Å². The SMILES string of the molecule is CCC(=O)O[C@@]1(c2ccccc2)CCN(C)C[C@@H]1c1ccccc1. The quantitative estimate of drug-likeness (QED) is 0.798. The van der Waals surface area contributed by atoms with Crippen molar-refractivity contribution in [2.24, 2.45) is 0 Å². The third-order valence-corrected chi connectivity index (χ3v) is 4.97. The fourth-order valence-electron chi connectivity index (χ4n) is 3.66. The van der Waals surface area contributed by atoms with Gasteiger partial charge in [0.25, 0.3) is 0 Å². The average molecular weight is 323 g/mol. The van der Waals surface area contributed by atoms with E-state index in [0.717, 1.165) is 25.1 Å². The number of esters is 1. The number of carbonyl (C=O) groups excluding carboxylic acids is 1. The van der Waals surface area contributed by atoms with E-state index in [2.05, 4.69) is 48.3 Å². The van der Waals surface area contributed by atoms with Gasteiger partial charge in [-0.3, -0.25) is 4.79 Å². The summed E-state index contributed by atoms with van der Waals surface area (Å²) in [6.45, 7) is 3.64. The van der Waals surface area contributed by atoms with Crippen LogP contribution >= 0.6 is 0 Å². The Morgan fingerprint density at radius 3 is 2.38 bits per heavy atom. The number of hydrogen-bond acceptors (Lipinski definition) is 3. The summed E-state index contributed by atoms with van der Waals surface area (Å²) in [7, 11) is 2.13. The third kappa shape index (κ3) is 3.22. The Morgan fingerprint density at radius 2 is 1.75 bits per heavy atom. The van der Waals surface area contributed by atoms with Crippen LogP contribution in [0.3, 0.4) is 0 Å². The van der Waals surface area contributed by atoms with E-state index < -0.39 is 5.60 Å². The summed E-state index contributed by atoms with van der Waals surface area (Å²) in [5.74, 6) is -0.0142. The molecule has 0 spiro atoms. The second kappa shape index (κ2) is 7.18. The number of rotatable bonds is 4. The molecule has 1 fully saturated rings. The zero-order valence-electron chi connectivity index (χ0n) is 14.4. The second-order valence-electron chi connectivity index (χ2n) is 6.56. The van der Waals surface area contributed by atoms with Crippen LogP contribution in [0.25, 0.3) is 0 Å². The molecular weight excluding hydrogens is 298 g/mol. The minimum Gasteiger partial charge on any atom is -0.453 e. The Balaban J connectivity index is 2.11. The van der Waals surface area contributed by atoms with Gasteiger partial charge in [-0.2, -0.15) is 0 Å². The van der Waals surface area contributed by atoms with Gasteiger partial charge in [-0.25, -0.2) is 0 Å². The molecule has 1 saturated heterocycles. The molecule has 0 radical (unpaired) electrons. The number of nitrogens with zero attached hydrogens (tertiary/aromatic N) is 1. The molecule has 3 heteroatoms. The predicted molar refractivity (Wildman–Crippen MR) is 95.8 cm³/mol. The zero-order chi connectivity index (χ0) is 17.0. The van der Waals surface area contributed by atoms with Crippen molar-refractivity contribution in [1.82, 2.24) is 4.90 Å². The maximum absolute atomic E-state index is 12.3. The number of ether oxygens (including phenoxy) is 1. The van der Waals surface area contributed by atoms with Crippen LogP contribution in [-0.2, 0) is 15.1 Å². The van der Waals surface area contributed by atoms with Gasteiger partial charge in [0.2, 0.25) is 0 Å². The molecule has 2 aromatic rings. The molecule has 2 atom stereocenters. The highest BCUT2D eigenvalue weighted by molar-refractivity contribution is 5.70. The van der Waals surface area contributed by atoms with Crippen LogP contribution in [0.2, 0.25) is 0 Å². The van der Waals surface area contributed by atoms with E-state index in [1.165, 1.54) is 5.56 Å². The van der Waals surface area contributed by atoms with Crippen molar-refractivity contribution in [2.75, 3.05) is 20.1 Å². The topological polar surface area (TPSA) is 29.5 Å². The van der Waals surface area contributed by atoms with E-state index in [0.29, 0.717) is 6.42 Å². The number of carbonyl (C=O) groups is 1. The van der Waals surface area contributed by atoms with Crippen LogP contribution in [0.15, 0.2) is 60.7 Å². The van der Waals surface area contributed by atoms with Gasteiger partial charge in [-0.1, -0.05) is 67.6 Å². The number of likely N-dealkylation sites (tertiary alicyclic amines) is 1. The van der Waals surface area contributed by atoms with Crippen LogP contribution in [0.1, 0.15) is 36.8 Å². The second-order valence-corrected chi connectivity index (χ2v) is 6.56. The Bertz CT molecular complexity index is 671. The standard InChI is InChI=1S/C21H25NO2/c1-3-20(23)24-21(18-12-8-5-9-13-18)14-15-22(2)16-19(21)17-10-6-4-7-11-17/h4-13,19H,3,14-16H2,1-2H3/t19-,21-/m1/s1. The van der Waals surface area contributed by atoms with Crippen molar-refractivity contribution < 1.29 is 9.53 Å². The molecule has 0 N–H and O–H groups in total. The molecule has 1 aliphatic rings. The van der Waals surface area contributed by atoms with Crippen LogP contribution in [0.5, 0.6) is 0 Å². The summed E-state index contributed by atoms with van der Waals surface area (Å²) in [5.41, 5.74) is 1.72. The number of benzene rings is 2. The molecule has 1 heterocycles. The number of piperidine rings is 1. The molecular formula is C21H25NO2. The molecule has 2 aromatic carbocycles. The van der Waals surface area contributed by atoms with Gasteiger partial charge in [0, 0.05) is 31.8 Å². The lowest BCUT2D eigenvalue weighted by molar-refractivity contribution is -0.169. The Hall–Kier alpha value is -2.13. The van der Waals surface area contributed by atoms with Gasteiger partial charge in [-0.05, 0) is 18.2 Å². The van der Waals surface area contributed by atoms with Crippen molar-refractivity contribution in [2.45, 2.75) is 31.3 Å². The maximum Gasteiger partial charge on any atom is 0.306 e. The van der Waals surface area contributed by atoms with E-state index in [1.54, 1.807) is 0 Å². The summed E-state index contributed by atoms with van der Waals surface area (Å²) in [6, 6.07) is 20.7. The summed E-state index contributed by atoms with van der Waals surface area (Å²) in [6.07, 6.45) is 1.20. The first-order valence-corrected chi connectivity index (χ1v) is 8.66. The van der Waals surface area contributed by atoms with E-state index in [1.807, 2.05) is 31.2 Å². The highest BCUT2D eigenvalue weighted by Gasteiger charge is 2.47. The van der Waals surface area contributed by atoms with E-state index in [9.17, 15) is 4.79 Å². The van der Waals surface area contributed by atoms with Gasteiger partial charge in [0.05, 0.1) is 0 Å². The van der Waals surface area contributed by atoms with Crippen LogP contribution in [0, 0.1) is 0 Å². The fraction of sp³-hybridized carbons (Fsp3) is 0.381. The molecule has 24 heavy (non-hydrogen) atoms. The Labute approximate surface area is 144 Å². The van der Waals surface area contributed by atoms with Gasteiger partial charge in [0.1, 0.15) is 5.60 Å². The van der Waals surface area contributed by atoms with Crippen LogP contribution in [-0.4, -0.2) is 31.0 Å². The average Bonchev–Trinajstić information content (AvgIpc) is 2.64. The van der Waals surface area contributed by atoms with Crippen molar-refractivity contribution in [3.63, 3.8) is 0 Å². The van der Waals surface area contributed by atoms with Crippen molar-refractivity contribution in [3.05, 3.63) is 71.8 Å². The molecule has 0 aliphatic carbocycles. The molecule has 0 aromatic heterocycles. The number of likely N-dealkylation sites (N-methyl/N-ethyl adjacent to an activating group) is 1. The summed E-state index contributed by atoms with van der Waals surface area (Å²) >= 11 is 0.